The van der Waals surface area contributed by atoms with Crippen molar-refractivity contribution in [2.24, 2.45) is 0 Å². The number of carbonyl (C=O) groups excluding carboxylic acids is 2. The number of benzene rings is 3. The van der Waals surface area contributed by atoms with Crippen molar-refractivity contribution in [1.29, 1.82) is 0 Å². The minimum Gasteiger partial charge on any atom is -0.350 e. The van der Waals surface area contributed by atoms with Gasteiger partial charge in [0.25, 0.3) is 10.0 Å². The van der Waals surface area contributed by atoms with E-state index in [1.54, 1.807) is 37.3 Å². The van der Waals surface area contributed by atoms with E-state index in [4.69, 9.17) is 0 Å². The van der Waals surface area contributed by atoms with Crippen LogP contribution in [0.2, 0.25) is 0 Å². The maximum Gasteiger partial charge on any atom is 0.264 e. The molecule has 0 fully saturated rings. The Morgan fingerprint density at radius 3 is 2.03 bits per heavy atom. The summed E-state index contributed by atoms with van der Waals surface area (Å²) in [4.78, 5) is 28.8. The third-order valence-electron chi connectivity index (χ3n) is 6.52. The first-order chi connectivity index (χ1) is 18.3. The van der Waals surface area contributed by atoms with E-state index in [0.717, 1.165) is 16.7 Å². The SMILES string of the molecule is CCc1ccccc1N(CC(=O)N(Cc1ccccc1C)[C@@H](C)C(=O)NC(C)(C)C)S(=O)(=O)c1ccccc1. The zero-order valence-electron chi connectivity index (χ0n) is 23.6. The zero-order chi connectivity index (χ0) is 28.8. The Labute approximate surface area is 232 Å². The van der Waals surface area contributed by atoms with Crippen molar-refractivity contribution in [3.05, 3.63) is 95.6 Å². The third kappa shape index (κ3) is 7.47. The molecule has 0 radical (unpaired) electrons. The van der Waals surface area contributed by atoms with E-state index < -0.39 is 34.1 Å². The molecule has 0 aliphatic carbocycles. The van der Waals surface area contributed by atoms with E-state index in [2.05, 4.69) is 5.32 Å². The number of carbonyl (C=O) groups is 2. The molecule has 8 heteroatoms. The second kappa shape index (κ2) is 12.5. The summed E-state index contributed by atoms with van der Waals surface area (Å²) in [5, 5.41) is 2.95. The average Bonchev–Trinajstić information content (AvgIpc) is 2.90. The van der Waals surface area contributed by atoms with Gasteiger partial charge in [0, 0.05) is 12.1 Å². The van der Waals surface area contributed by atoms with Crippen molar-refractivity contribution in [1.82, 2.24) is 10.2 Å². The summed E-state index contributed by atoms with van der Waals surface area (Å²) < 4.78 is 29.0. The molecular weight excluding hydrogens is 510 g/mol. The highest BCUT2D eigenvalue weighted by molar-refractivity contribution is 7.92. The number of para-hydroxylation sites is 1. The van der Waals surface area contributed by atoms with Gasteiger partial charge in [-0.2, -0.15) is 0 Å². The summed E-state index contributed by atoms with van der Waals surface area (Å²) in [7, 11) is -4.09. The predicted octanol–water partition coefficient (Wildman–Crippen LogP) is 5.08. The molecule has 39 heavy (non-hydrogen) atoms. The highest BCUT2D eigenvalue weighted by Gasteiger charge is 2.34. The van der Waals surface area contributed by atoms with Crippen LogP contribution in [0.15, 0.2) is 83.8 Å². The number of hydrogen-bond acceptors (Lipinski definition) is 4. The quantitative estimate of drug-likeness (QED) is 0.382. The molecule has 3 aromatic carbocycles. The lowest BCUT2D eigenvalue weighted by Gasteiger charge is -2.34. The maximum atomic E-state index is 14.1. The molecule has 3 aromatic rings. The van der Waals surface area contributed by atoms with Crippen molar-refractivity contribution in [3.63, 3.8) is 0 Å². The fourth-order valence-electron chi connectivity index (χ4n) is 4.31. The van der Waals surface area contributed by atoms with Crippen LogP contribution < -0.4 is 9.62 Å². The Bertz CT molecular complexity index is 1400. The molecule has 0 bridgehead atoms. The molecule has 2 amide bonds. The molecule has 0 aromatic heterocycles. The molecule has 1 atom stereocenters. The number of nitrogens with zero attached hydrogens (tertiary/aromatic N) is 2. The van der Waals surface area contributed by atoms with Crippen LogP contribution in [0.3, 0.4) is 0 Å². The van der Waals surface area contributed by atoms with E-state index in [1.807, 2.05) is 71.0 Å². The average molecular weight is 550 g/mol. The van der Waals surface area contributed by atoms with Crippen LogP contribution in [0.25, 0.3) is 0 Å². The number of sulfonamides is 1. The Morgan fingerprint density at radius 2 is 1.44 bits per heavy atom. The van der Waals surface area contributed by atoms with Crippen molar-refractivity contribution in [2.45, 2.75) is 71.0 Å². The summed E-state index contributed by atoms with van der Waals surface area (Å²) in [5.41, 5.74) is 2.61. The molecule has 0 unspecified atom stereocenters. The lowest BCUT2D eigenvalue weighted by molar-refractivity contribution is -0.140. The minimum absolute atomic E-state index is 0.0904. The van der Waals surface area contributed by atoms with Gasteiger partial charge in [0.1, 0.15) is 12.6 Å². The van der Waals surface area contributed by atoms with E-state index in [0.29, 0.717) is 12.1 Å². The molecule has 3 rings (SSSR count). The Morgan fingerprint density at radius 1 is 0.872 bits per heavy atom. The van der Waals surface area contributed by atoms with Gasteiger partial charge in [-0.1, -0.05) is 67.6 Å². The normalized spacial score (nSPS) is 12.5. The maximum absolute atomic E-state index is 14.1. The Balaban J connectivity index is 2.08. The molecule has 208 valence electrons. The van der Waals surface area contributed by atoms with Crippen LogP contribution in [0.4, 0.5) is 5.69 Å². The van der Waals surface area contributed by atoms with Gasteiger partial charge in [-0.3, -0.25) is 13.9 Å². The number of hydrogen-bond donors (Lipinski definition) is 1. The van der Waals surface area contributed by atoms with Crippen LogP contribution in [0, 0.1) is 6.92 Å². The summed E-state index contributed by atoms with van der Waals surface area (Å²) in [5.74, 6) is -0.781. The monoisotopic (exact) mass is 549 g/mol. The Kier molecular flexibility index (Phi) is 9.56. The number of nitrogens with one attached hydrogen (secondary N) is 1. The third-order valence-corrected chi connectivity index (χ3v) is 8.29. The largest absolute Gasteiger partial charge is 0.350 e. The second-order valence-electron chi connectivity index (χ2n) is 10.7. The van der Waals surface area contributed by atoms with Crippen molar-refractivity contribution < 1.29 is 18.0 Å². The van der Waals surface area contributed by atoms with E-state index >= 15 is 0 Å². The van der Waals surface area contributed by atoms with Gasteiger partial charge in [-0.25, -0.2) is 8.42 Å². The minimum atomic E-state index is -4.09. The van der Waals surface area contributed by atoms with Crippen LogP contribution in [0.1, 0.15) is 51.3 Å². The molecular formula is C31H39N3O4S. The van der Waals surface area contributed by atoms with Crippen LogP contribution in [-0.4, -0.2) is 43.3 Å². The van der Waals surface area contributed by atoms with Crippen LogP contribution in [0.5, 0.6) is 0 Å². The van der Waals surface area contributed by atoms with Gasteiger partial charge in [0.15, 0.2) is 0 Å². The lowest BCUT2D eigenvalue weighted by atomic mass is 10.1. The number of aryl methyl sites for hydroxylation is 2. The lowest BCUT2D eigenvalue weighted by Crippen LogP contribution is -2.54. The number of rotatable bonds is 10. The highest BCUT2D eigenvalue weighted by Crippen LogP contribution is 2.28. The van der Waals surface area contributed by atoms with E-state index in [9.17, 15) is 18.0 Å². The fourth-order valence-corrected chi connectivity index (χ4v) is 5.79. The fraction of sp³-hybridized carbons (Fsp3) is 0.355. The van der Waals surface area contributed by atoms with Crippen molar-refractivity contribution >= 4 is 27.5 Å². The molecule has 0 saturated carbocycles. The molecule has 7 nitrogen and oxygen atoms in total. The topological polar surface area (TPSA) is 86.8 Å². The molecule has 0 aliphatic heterocycles. The Hall–Kier alpha value is -3.65. The summed E-state index contributed by atoms with van der Waals surface area (Å²) in [6.07, 6.45) is 0.586. The van der Waals surface area contributed by atoms with Gasteiger partial charge in [0.2, 0.25) is 11.8 Å². The predicted molar refractivity (Wildman–Crippen MR) is 156 cm³/mol. The first kappa shape index (κ1) is 29.9. The first-order valence-corrected chi connectivity index (χ1v) is 14.6. The standard InChI is InChI=1S/C31H39N3O4S/c1-7-25-16-13-14-20-28(25)34(39(37,38)27-18-9-8-10-19-27)22-29(35)33(21-26-17-12-11-15-23(26)2)24(3)30(36)32-31(4,5)6/h8-20,24H,7,21-22H2,1-6H3,(H,32,36)/t24-/m0/s1. The van der Waals surface area contributed by atoms with Crippen molar-refractivity contribution in [2.75, 3.05) is 10.8 Å². The number of anilines is 1. The van der Waals surface area contributed by atoms with E-state index in [-0.39, 0.29) is 17.3 Å². The van der Waals surface area contributed by atoms with Crippen LogP contribution in [-0.2, 0) is 32.6 Å². The molecule has 0 spiro atoms. The van der Waals surface area contributed by atoms with Gasteiger partial charge in [-0.15, -0.1) is 0 Å². The second-order valence-corrected chi connectivity index (χ2v) is 12.5. The van der Waals surface area contributed by atoms with Crippen LogP contribution >= 0.6 is 0 Å². The van der Waals surface area contributed by atoms with Gasteiger partial charge in [0.05, 0.1) is 10.6 Å². The van der Waals surface area contributed by atoms with E-state index in [1.165, 1.54) is 21.3 Å². The van der Waals surface area contributed by atoms with Gasteiger partial charge >= 0.3 is 0 Å². The van der Waals surface area contributed by atoms with Crippen molar-refractivity contribution in [3.8, 4) is 0 Å². The molecule has 0 saturated heterocycles. The smallest absolute Gasteiger partial charge is 0.264 e. The summed E-state index contributed by atoms with van der Waals surface area (Å²) in [6, 6.07) is 22.1. The highest BCUT2D eigenvalue weighted by atomic mass is 32.2. The van der Waals surface area contributed by atoms with Gasteiger partial charge < -0.3 is 10.2 Å². The first-order valence-electron chi connectivity index (χ1n) is 13.2. The molecule has 0 aliphatic rings. The zero-order valence-corrected chi connectivity index (χ0v) is 24.5. The molecule has 0 heterocycles. The summed E-state index contributed by atoms with van der Waals surface area (Å²) in [6.45, 7) is 10.9. The van der Waals surface area contributed by atoms with Gasteiger partial charge in [-0.05, 0) is 75.9 Å². The summed E-state index contributed by atoms with van der Waals surface area (Å²) >= 11 is 0. The molecule has 1 N–H and O–H groups in total. The number of amides is 2.